The van der Waals surface area contributed by atoms with Crippen molar-refractivity contribution in [1.29, 1.82) is 0 Å². The molecule has 2 rings (SSSR count). The normalized spacial score (nSPS) is 29.3. The number of nitrogens with one attached hydrogen (secondary N) is 1. The van der Waals surface area contributed by atoms with E-state index in [9.17, 15) is 4.79 Å². The van der Waals surface area contributed by atoms with Gasteiger partial charge in [-0.15, -0.1) is 0 Å². The van der Waals surface area contributed by atoms with Gasteiger partial charge >= 0.3 is 0 Å². The molecule has 1 aromatic heterocycles. The van der Waals surface area contributed by atoms with Crippen molar-refractivity contribution in [2.24, 2.45) is 11.1 Å². The summed E-state index contributed by atoms with van der Waals surface area (Å²) >= 11 is 0. The third-order valence-corrected chi connectivity index (χ3v) is 2.91. The van der Waals surface area contributed by atoms with Crippen LogP contribution in [0.2, 0.25) is 0 Å². The Balaban J connectivity index is 2.08. The summed E-state index contributed by atoms with van der Waals surface area (Å²) in [5, 5.41) is 6.37. The van der Waals surface area contributed by atoms with E-state index in [1.165, 1.54) is 0 Å². The largest absolute Gasteiger partial charge is 0.379 e. The van der Waals surface area contributed by atoms with E-state index >= 15 is 0 Å². The quantitative estimate of drug-likeness (QED) is 0.754. The molecule has 1 amide bonds. The molecule has 88 valence electrons. The Morgan fingerprint density at radius 1 is 1.75 bits per heavy atom. The minimum absolute atomic E-state index is 0.189. The fourth-order valence-corrected chi connectivity index (χ4v) is 1.61. The van der Waals surface area contributed by atoms with Crippen molar-refractivity contribution in [1.82, 2.24) is 5.16 Å². The second kappa shape index (κ2) is 3.88. The lowest BCUT2D eigenvalue weighted by Gasteiger charge is -2.24. The van der Waals surface area contributed by atoms with Crippen molar-refractivity contribution in [2.45, 2.75) is 19.9 Å². The maximum Gasteiger partial charge on any atom is 0.235 e. The standard InChI is InChI=1S/C10H15N3O3/c1-6-3-8(13-16-6)12-9(14)10(2)5-15-4-7(10)11/h3,7H,4-5,11H2,1-2H3,(H,12,13,14). The van der Waals surface area contributed by atoms with Crippen LogP contribution in [0.4, 0.5) is 5.82 Å². The highest BCUT2D eigenvalue weighted by atomic mass is 16.5. The van der Waals surface area contributed by atoms with Crippen LogP contribution < -0.4 is 11.1 Å². The molecule has 0 saturated carbocycles. The highest BCUT2D eigenvalue weighted by Crippen LogP contribution is 2.28. The maximum absolute atomic E-state index is 12.0. The lowest BCUT2D eigenvalue weighted by molar-refractivity contribution is -0.125. The zero-order valence-corrected chi connectivity index (χ0v) is 9.32. The lowest BCUT2D eigenvalue weighted by Crippen LogP contribution is -2.47. The maximum atomic E-state index is 12.0. The first kappa shape index (κ1) is 11.1. The molecule has 0 radical (unpaired) electrons. The first-order valence-electron chi connectivity index (χ1n) is 5.10. The summed E-state index contributed by atoms with van der Waals surface area (Å²) in [7, 11) is 0. The molecular weight excluding hydrogens is 210 g/mol. The number of rotatable bonds is 2. The number of carbonyl (C=O) groups is 1. The average molecular weight is 225 g/mol. The number of hydrogen-bond donors (Lipinski definition) is 2. The van der Waals surface area contributed by atoms with E-state index in [1.54, 1.807) is 19.9 Å². The van der Waals surface area contributed by atoms with Crippen molar-refractivity contribution in [2.75, 3.05) is 18.5 Å². The fraction of sp³-hybridized carbons (Fsp3) is 0.600. The van der Waals surface area contributed by atoms with Crippen LogP contribution in [0.5, 0.6) is 0 Å². The number of nitrogens with two attached hydrogens (primary N) is 1. The topological polar surface area (TPSA) is 90.4 Å². The van der Waals surface area contributed by atoms with Crippen LogP contribution in [-0.2, 0) is 9.53 Å². The van der Waals surface area contributed by atoms with Crippen molar-refractivity contribution in [3.05, 3.63) is 11.8 Å². The van der Waals surface area contributed by atoms with Gasteiger partial charge in [-0.1, -0.05) is 5.16 Å². The van der Waals surface area contributed by atoms with E-state index in [0.717, 1.165) is 0 Å². The van der Waals surface area contributed by atoms with Crippen LogP contribution in [0.3, 0.4) is 0 Å². The van der Waals surface area contributed by atoms with Gasteiger partial charge in [0.25, 0.3) is 0 Å². The van der Waals surface area contributed by atoms with Crippen LogP contribution in [0.25, 0.3) is 0 Å². The Bertz CT molecular complexity index is 404. The molecule has 2 heterocycles. The second-order valence-electron chi connectivity index (χ2n) is 4.32. The number of aromatic nitrogens is 1. The molecular formula is C10H15N3O3. The Morgan fingerprint density at radius 3 is 3.00 bits per heavy atom. The van der Waals surface area contributed by atoms with E-state index < -0.39 is 5.41 Å². The van der Waals surface area contributed by atoms with Gasteiger partial charge in [0.2, 0.25) is 5.91 Å². The molecule has 1 saturated heterocycles. The van der Waals surface area contributed by atoms with Gasteiger partial charge in [-0.05, 0) is 13.8 Å². The molecule has 1 aliphatic rings. The lowest BCUT2D eigenvalue weighted by atomic mass is 9.85. The third kappa shape index (κ3) is 1.81. The Morgan fingerprint density at radius 2 is 2.50 bits per heavy atom. The average Bonchev–Trinajstić information content (AvgIpc) is 2.76. The van der Waals surface area contributed by atoms with E-state index in [2.05, 4.69) is 10.5 Å². The molecule has 6 heteroatoms. The minimum Gasteiger partial charge on any atom is -0.379 e. The summed E-state index contributed by atoms with van der Waals surface area (Å²) < 4.78 is 10.1. The Kier molecular flexibility index (Phi) is 2.69. The van der Waals surface area contributed by atoms with Gasteiger partial charge in [-0.2, -0.15) is 0 Å². The van der Waals surface area contributed by atoms with E-state index in [4.69, 9.17) is 15.0 Å². The van der Waals surface area contributed by atoms with Crippen LogP contribution in [0.15, 0.2) is 10.6 Å². The molecule has 0 aromatic carbocycles. The SMILES string of the molecule is Cc1cc(NC(=O)C2(C)COCC2N)no1. The van der Waals surface area contributed by atoms with Crippen LogP contribution in [0, 0.1) is 12.3 Å². The summed E-state index contributed by atoms with van der Waals surface area (Å²) in [5.41, 5.74) is 5.14. The predicted molar refractivity (Wildman–Crippen MR) is 56.8 cm³/mol. The Labute approximate surface area is 93.1 Å². The van der Waals surface area contributed by atoms with E-state index in [1.807, 2.05) is 0 Å². The van der Waals surface area contributed by atoms with Crippen molar-refractivity contribution in [3.63, 3.8) is 0 Å². The second-order valence-corrected chi connectivity index (χ2v) is 4.32. The molecule has 1 aliphatic heterocycles. The fourth-order valence-electron chi connectivity index (χ4n) is 1.61. The molecule has 1 aromatic rings. The van der Waals surface area contributed by atoms with Gasteiger partial charge in [0.15, 0.2) is 5.82 Å². The summed E-state index contributed by atoms with van der Waals surface area (Å²) in [4.78, 5) is 12.0. The number of amides is 1. The summed E-state index contributed by atoms with van der Waals surface area (Å²) in [6, 6.07) is 1.36. The zero-order chi connectivity index (χ0) is 11.8. The molecule has 6 nitrogen and oxygen atoms in total. The molecule has 0 bridgehead atoms. The molecule has 16 heavy (non-hydrogen) atoms. The van der Waals surface area contributed by atoms with Gasteiger partial charge in [0.1, 0.15) is 5.76 Å². The number of anilines is 1. The zero-order valence-electron chi connectivity index (χ0n) is 9.32. The number of aryl methyl sites for hydroxylation is 1. The smallest absolute Gasteiger partial charge is 0.235 e. The van der Waals surface area contributed by atoms with Gasteiger partial charge in [-0.25, -0.2) is 0 Å². The molecule has 2 atom stereocenters. The summed E-state index contributed by atoms with van der Waals surface area (Å²) in [6.07, 6.45) is 0. The molecule has 1 fully saturated rings. The summed E-state index contributed by atoms with van der Waals surface area (Å²) in [6.45, 7) is 4.28. The molecule has 3 N–H and O–H groups in total. The first-order chi connectivity index (χ1) is 7.52. The molecule has 0 aliphatic carbocycles. The van der Waals surface area contributed by atoms with Crippen LogP contribution in [0.1, 0.15) is 12.7 Å². The van der Waals surface area contributed by atoms with Crippen molar-refractivity contribution >= 4 is 11.7 Å². The summed E-state index contributed by atoms with van der Waals surface area (Å²) in [5.74, 6) is 0.862. The van der Waals surface area contributed by atoms with Crippen LogP contribution in [-0.4, -0.2) is 30.3 Å². The predicted octanol–water partition coefficient (Wildman–Crippen LogP) is 0.285. The highest BCUT2D eigenvalue weighted by Gasteiger charge is 2.44. The van der Waals surface area contributed by atoms with Crippen LogP contribution >= 0.6 is 0 Å². The first-order valence-corrected chi connectivity index (χ1v) is 5.10. The number of carbonyl (C=O) groups excluding carboxylic acids is 1. The number of hydrogen-bond acceptors (Lipinski definition) is 5. The third-order valence-electron chi connectivity index (χ3n) is 2.91. The highest BCUT2D eigenvalue weighted by molar-refractivity contribution is 5.95. The monoisotopic (exact) mass is 225 g/mol. The van der Waals surface area contributed by atoms with E-state index in [-0.39, 0.29) is 11.9 Å². The Hall–Kier alpha value is -1.40. The van der Waals surface area contributed by atoms with E-state index in [0.29, 0.717) is 24.8 Å². The molecule has 2 unspecified atom stereocenters. The number of nitrogens with zero attached hydrogens (tertiary/aromatic N) is 1. The minimum atomic E-state index is -0.702. The van der Waals surface area contributed by atoms with Gasteiger partial charge in [0, 0.05) is 12.1 Å². The van der Waals surface area contributed by atoms with Gasteiger partial charge in [0.05, 0.1) is 18.6 Å². The molecule has 0 spiro atoms. The van der Waals surface area contributed by atoms with Crippen molar-refractivity contribution < 1.29 is 14.1 Å². The van der Waals surface area contributed by atoms with Gasteiger partial charge in [-0.3, -0.25) is 4.79 Å². The van der Waals surface area contributed by atoms with Gasteiger partial charge < -0.3 is 20.3 Å². The van der Waals surface area contributed by atoms with Crippen molar-refractivity contribution in [3.8, 4) is 0 Å². The number of ether oxygens (including phenoxy) is 1.